The predicted molar refractivity (Wildman–Crippen MR) is 222 cm³/mol. The van der Waals surface area contributed by atoms with Crippen molar-refractivity contribution in [3.63, 3.8) is 0 Å². The summed E-state index contributed by atoms with van der Waals surface area (Å²) >= 11 is 0. The van der Waals surface area contributed by atoms with Crippen molar-refractivity contribution in [1.82, 2.24) is 10.6 Å². The van der Waals surface area contributed by atoms with Crippen LogP contribution in [-0.4, -0.2) is 95.1 Å². The third kappa shape index (κ3) is 12.5. The Kier molecular flexibility index (Phi) is 17.7. The topological polar surface area (TPSA) is 165 Å². The minimum atomic E-state index is -0.942. The molecule has 0 bridgehead atoms. The summed E-state index contributed by atoms with van der Waals surface area (Å²) in [5, 5.41) is 49.2. The van der Waals surface area contributed by atoms with Gasteiger partial charge in [0.2, 0.25) is 5.70 Å². The van der Waals surface area contributed by atoms with Gasteiger partial charge in [-0.15, -0.1) is 16.6 Å². The minimum Gasteiger partial charge on any atom is -0.504 e. The minimum absolute atomic E-state index is 0.0213. The molecule has 2 heterocycles. The van der Waals surface area contributed by atoms with Crippen LogP contribution in [0.5, 0.6) is 11.5 Å². The molecule has 0 radical (unpaired) electrons. The lowest BCUT2D eigenvalue weighted by Gasteiger charge is -2.33. The maximum Gasteiger partial charge on any atom is 0.208 e. The number of hydrogen-bond donors (Lipinski definition) is 7. The van der Waals surface area contributed by atoms with Crippen LogP contribution in [0.25, 0.3) is 0 Å². The van der Waals surface area contributed by atoms with Crippen LogP contribution in [0.1, 0.15) is 116 Å². The van der Waals surface area contributed by atoms with E-state index < -0.39 is 12.2 Å². The van der Waals surface area contributed by atoms with Crippen LogP contribution in [0.2, 0.25) is 0 Å². The lowest BCUT2D eigenvalue weighted by molar-refractivity contribution is -0.0553. The smallest absolute Gasteiger partial charge is 0.208 e. The Hall–Kier alpha value is -2.57. The molecular formula is C45H73N4O6+. The molecule has 4 aliphatic rings. The number of hydrogen-bond acceptors (Lipinski definition) is 9. The van der Waals surface area contributed by atoms with E-state index in [1.54, 1.807) is 6.07 Å². The second-order valence-electron chi connectivity index (χ2n) is 16.8. The normalized spacial score (nSPS) is 24.5. The van der Waals surface area contributed by atoms with Gasteiger partial charge in [-0.1, -0.05) is 64.4 Å². The van der Waals surface area contributed by atoms with E-state index in [9.17, 15) is 20.4 Å². The van der Waals surface area contributed by atoms with Crippen LogP contribution in [0.15, 0.2) is 46.6 Å². The Labute approximate surface area is 331 Å². The van der Waals surface area contributed by atoms with Crippen LogP contribution in [0, 0.1) is 35.7 Å². The average Bonchev–Trinajstić information content (AvgIpc) is 3.91. The van der Waals surface area contributed by atoms with Crippen LogP contribution >= 0.6 is 0 Å². The molecule has 10 heteroatoms. The molecule has 0 amide bonds. The first-order valence-electron chi connectivity index (χ1n) is 21.7. The highest BCUT2D eigenvalue weighted by Gasteiger charge is 2.52. The quantitative estimate of drug-likeness (QED) is 0.0372. The van der Waals surface area contributed by atoms with Gasteiger partial charge in [-0.25, -0.2) is 0 Å². The van der Waals surface area contributed by atoms with Crippen LogP contribution < -0.4 is 21.1 Å². The second-order valence-corrected chi connectivity index (χ2v) is 16.8. The number of allylic oxidation sites excluding steroid dienone is 1. The molecule has 2 fully saturated rings. The average molecular weight is 766 g/mol. The summed E-state index contributed by atoms with van der Waals surface area (Å²) in [5.74, 6) is 3.77. The van der Waals surface area contributed by atoms with Gasteiger partial charge < -0.3 is 46.3 Å². The van der Waals surface area contributed by atoms with E-state index in [0.29, 0.717) is 29.8 Å². The molecule has 5 rings (SSSR count). The van der Waals surface area contributed by atoms with Crippen molar-refractivity contribution in [1.29, 1.82) is 0 Å². The Morgan fingerprint density at radius 2 is 1.91 bits per heavy atom. The van der Waals surface area contributed by atoms with Gasteiger partial charge in [0, 0.05) is 38.6 Å². The number of fused-ring (bicyclic) bond motifs is 2. The summed E-state index contributed by atoms with van der Waals surface area (Å²) in [6.45, 7) is 6.15. The zero-order valence-electron chi connectivity index (χ0n) is 34.0. The molecule has 1 unspecified atom stereocenters. The number of aryl methyl sites for hydroxylation is 1. The Morgan fingerprint density at radius 3 is 2.65 bits per heavy atom. The van der Waals surface area contributed by atoms with Crippen molar-refractivity contribution >= 4 is 5.71 Å². The Balaban J connectivity index is 1.13. The third-order valence-electron chi connectivity index (χ3n) is 12.6. The number of aliphatic hydroxyl groups is 5. The highest BCUT2D eigenvalue weighted by Crippen LogP contribution is 2.50. The number of aliphatic hydroxyl groups excluding tert-OH is 3. The number of nitrogens with two attached hydrogens (primary N) is 1. The summed E-state index contributed by atoms with van der Waals surface area (Å²) in [4.78, 5) is 4.99. The van der Waals surface area contributed by atoms with Gasteiger partial charge in [0.25, 0.3) is 0 Å². The fourth-order valence-corrected chi connectivity index (χ4v) is 9.63. The van der Waals surface area contributed by atoms with E-state index in [1.807, 2.05) is 26.1 Å². The highest BCUT2D eigenvalue weighted by atomic mass is 16.5. The lowest BCUT2D eigenvalue weighted by atomic mass is 9.72. The lowest BCUT2D eigenvalue weighted by Crippen LogP contribution is -2.50. The summed E-state index contributed by atoms with van der Waals surface area (Å²) in [7, 11) is 1.97. The number of phenolic OH excluding ortho intramolecular Hbond substituents is 1. The van der Waals surface area contributed by atoms with Gasteiger partial charge in [-0.05, 0) is 94.5 Å². The van der Waals surface area contributed by atoms with Crippen molar-refractivity contribution in [2.75, 3.05) is 39.9 Å². The van der Waals surface area contributed by atoms with Gasteiger partial charge in [0.15, 0.2) is 17.6 Å². The molecule has 2 saturated carbocycles. The molecule has 0 spiro atoms. The summed E-state index contributed by atoms with van der Waals surface area (Å²) in [6, 6.07) is 5.55. The van der Waals surface area contributed by atoms with Crippen molar-refractivity contribution in [3.05, 3.63) is 59.2 Å². The van der Waals surface area contributed by atoms with Gasteiger partial charge in [-0.2, -0.15) is 0 Å². The molecule has 308 valence electrons. The van der Waals surface area contributed by atoms with Crippen LogP contribution in [-0.2, 0) is 6.42 Å². The van der Waals surface area contributed by atoms with Gasteiger partial charge in [0.1, 0.15) is 30.4 Å². The SMILES string of the molecule is CCCCC[C@H](CCN)CCCCC1[OH+][C-](CCc2ccc(O)c(OC[C@H](O)C3=C[C+]4C(=N3)CC[C@H]3CCC[C@@H]3[C@@H]4[C@H](CNC)NC[C@H](C)O)c2)C=C1CO. The number of aromatic hydroxyl groups is 1. The van der Waals surface area contributed by atoms with Crippen molar-refractivity contribution < 1.29 is 29.9 Å². The van der Waals surface area contributed by atoms with E-state index in [-0.39, 0.29) is 37.0 Å². The molecule has 9 N–H and O–H groups in total. The summed E-state index contributed by atoms with van der Waals surface area (Å²) < 4.78 is 11.1. The van der Waals surface area contributed by atoms with E-state index in [1.165, 1.54) is 63.7 Å². The Morgan fingerprint density at radius 1 is 1.09 bits per heavy atom. The van der Waals surface area contributed by atoms with E-state index >= 15 is 0 Å². The summed E-state index contributed by atoms with van der Waals surface area (Å²) in [6.07, 6.45) is 21.7. The Bertz CT molecular complexity index is 1400. The number of likely N-dealkylation sites (N-methyl/N-ethyl adjacent to an activating group) is 1. The molecule has 0 aromatic heterocycles. The molecular weight excluding hydrogens is 693 g/mol. The molecule has 1 aromatic rings. The van der Waals surface area contributed by atoms with Gasteiger partial charge in [0.05, 0.1) is 18.1 Å². The number of unbranched alkanes of at least 4 members (excludes halogenated alkanes) is 3. The fraction of sp³-hybridized carbons (Fsp3) is 0.711. The van der Waals surface area contributed by atoms with Crippen molar-refractivity contribution in [2.45, 2.75) is 141 Å². The first-order chi connectivity index (χ1) is 26.7. The van der Waals surface area contributed by atoms with E-state index in [4.69, 9.17) is 20.2 Å². The van der Waals surface area contributed by atoms with Gasteiger partial charge >= 0.3 is 0 Å². The second kappa shape index (κ2) is 22.4. The van der Waals surface area contributed by atoms with E-state index in [0.717, 1.165) is 86.9 Å². The first-order valence-corrected chi connectivity index (χ1v) is 21.7. The zero-order chi connectivity index (χ0) is 39.2. The number of ether oxygens (including phenoxy) is 2. The number of benzene rings is 1. The summed E-state index contributed by atoms with van der Waals surface area (Å²) in [5.41, 5.74) is 9.59. The van der Waals surface area contributed by atoms with Crippen LogP contribution in [0.3, 0.4) is 0 Å². The third-order valence-corrected chi connectivity index (χ3v) is 12.6. The molecule has 2 aliphatic heterocycles. The number of nitrogens with zero attached hydrogens (tertiary/aromatic N) is 1. The molecule has 0 saturated heterocycles. The highest BCUT2D eigenvalue weighted by molar-refractivity contribution is 6.03. The first kappa shape index (κ1) is 43.6. The molecule has 8 atom stereocenters. The maximum absolute atomic E-state index is 11.4. The van der Waals surface area contributed by atoms with Crippen LogP contribution in [0.4, 0.5) is 0 Å². The molecule has 55 heavy (non-hydrogen) atoms. The number of nitrogens with one attached hydrogen (secondary N) is 2. The zero-order valence-corrected chi connectivity index (χ0v) is 34.0. The molecule has 1 aromatic carbocycles. The standard InChI is InChI=1S/C45H72N4O6/c1-4-5-6-10-31(21-22-46)11-7-8-14-43-34(28-50)24-35(55-43)18-15-32-16-20-41(52)44(23-32)54-29-42(53)39-25-37-38(49-39)19-17-33-12-9-13-36(33)45(37)40(27-47-3)48-26-30(2)51/h16,20,23-25,30-31,33,36,40,42-43,45,47-48,50-51,53,55H,4-15,17-19,21-22,26-29,46H2,1-3H3/p+1/t30-,31-,33+,36-,40-,42-,43?,45-/m0/s1. The van der Waals surface area contributed by atoms with Gasteiger partial charge in [-0.3, -0.25) is 0 Å². The van der Waals surface area contributed by atoms with Crippen molar-refractivity contribution in [2.24, 2.45) is 34.4 Å². The predicted octanol–water partition coefficient (Wildman–Crippen LogP) is 5.83. The monoisotopic (exact) mass is 766 g/mol. The number of rotatable bonds is 25. The molecule has 10 nitrogen and oxygen atoms in total. The number of aliphatic imine (C=N–C) groups is 1. The molecule has 2 aliphatic carbocycles. The maximum atomic E-state index is 11.4. The van der Waals surface area contributed by atoms with E-state index in [2.05, 4.69) is 29.7 Å². The van der Waals surface area contributed by atoms with Crippen molar-refractivity contribution in [3.8, 4) is 11.5 Å². The fourth-order valence-electron chi connectivity index (χ4n) is 9.63. The largest absolute Gasteiger partial charge is 0.504 e. The number of phenols is 1.